The van der Waals surface area contributed by atoms with Crippen LogP contribution in [-0.2, 0) is 6.54 Å². The summed E-state index contributed by atoms with van der Waals surface area (Å²) in [5, 5.41) is 4.43. The fraction of sp³-hybridized carbons (Fsp3) is 0.273. The molecule has 0 saturated carbocycles. The van der Waals surface area contributed by atoms with Crippen LogP contribution in [-0.4, -0.2) is 14.3 Å². The van der Waals surface area contributed by atoms with Gasteiger partial charge in [-0.2, -0.15) is 5.10 Å². The molecule has 15 heavy (non-hydrogen) atoms. The van der Waals surface area contributed by atoms with E-state index in [0.29, 0.717) is 0 Å². The number of rotatable bonds is 2. The number of hydrogen-bond acceptors (Lipinski definition) is 2. The minimum atomic E-state index is 0.751. The first-order valence-corrected chi connectivity index (χ1v) is 5.36. The molecule has 0 aliphatic carbocycles. The number of benzene rings is 1. The van der Waals surface area contributed by atoms with E-state index in [0.717, 1.165) is 22.8 Å². The molecular formula is C11H13N3S. The van der Waals surface area contributed by atoms with Crippen LogP contribution >= 0.6 is 12.2 Å². The molecule has 1 heterocycles. The predicted molar refractivity (Wildman–Crippen MR) is 62.8 cm³/mol. The molecule has 0 spiro atoms. The van der Waals surface area contributed by atoms with E-state index in [-0.39, 0.29) is 0 Å². The molecule has 3 nitrogen and oxygen atoms in total. The quantitative estimate of drug-likeness (QED) is 0.725. The fourth-order valence-electron chi connectivity index (χ4n) is 1.60. The van der Waals surface area contributed by atoms with E-state index in [4.69, 9.17) is 12.2 Å². The Hall–Kier alpha value is -1.42. The Morgan fingerprint density at radius 1 is 1.27 bits per heavy atom. The number of para-hydroxylation sites is 1. The van der Waals surface area contributed by atoms with Gasteiger partial charge in [-0.05, 0) is 38.2 Å². The van der Waals surface area contributed by atoms with Crippen LogP contribution in [0.5, 0.6) is 0 Å². The molecule has 0 bridgehead atoms. The van der Waals surface area contributed by atoms with Crippen molar-refractivity contribution in [1.82, 2.24) is 14.3 Å². The molecule has 0 aliphatic rings. The van der Waals surface area contributed by atoms with Crippen molar-refractivity contribution in [1.29, 1.82) is 0 Å². The maximum Gasteiger partial charge on any atom is 0.202 e. The molecule has 0 radical (unpaired) electrons. The molecule has 0 aliphatic heterocycles. The van der Waals surface area contributed by atoms with Crippen molar-refractivity contribution in [3.8, 4) is 5.69 Å². The highest BCUT2D eigenvalue weighted by Crippen LogP contribution is 2.09. The third-order valence-electron chi connectivity index (χ3n) is 2.36. The molecule has 0 saturated heterocycles. The highest BCUT2D eigenvalue weighted by Gasteiger charge is 2.05. The molecule has 0 N–H and O–H groups in total. The van der Waals surface area contributed by atoms with Gasteiger partial charge in [-0.15, -0.1) is 0 Å². The second-order valence-electron chi connectivity index (χ2n) is 3.32. The molecule has 1 aromatic heterocycles. The highest BCUT2D eigenvalue weighted by molar-refractivity contribution is 7.71. The van der Waals surface area contributed by atoms with Crippen molar-refractivity contribution >= 4 is 12.2 Å². The van der Waals surface area contributed by atoms with E-state index in [2.05, 4.69) is 12.0 Å². The normalized spacial score (nSPS) is 10.5. The maximum atomic E-state index is 5.36. The van der Waals surface area contributed by atoms with Crippen LogP contribution in [0.3, 0.4) is 0 Å². The summed E-state index contributed by atoms with van der Waals surface area (Å²) in [6.07, 6.45) is 0. The van der Waals surface area contributed by atoms with Gasteiger partial charge in [0.15, 0.2) is 0 Å². The van der Waals surface area contributed by atoms with Crippen LogP contribution < -0.4 is 0 Å². The monoisotopic (exact) mass is 219 g/mol. The van der Waals surface area contributed by atoms with E-state index in [9.17, 15) is 0 Å². The van der Waals surface area contributed by atoms with Crippen molar-refractivity contribution in [3.63, 3.8) is 0 Å². The summed E-state index contributed by atoms with van der Waals surface area (Å²) in [5.41, 5.74) is 1.01. The molecular weight excluding hydrogens is 206 g/mol. The Morgan fingerprint density at radius 2 is 1.93 bits per heavy atom. The van der Waals surface area contributed by atoms with Gasteiger partial charge in [0.05, 0.1) is 5.69 Å². The van der Waals surface area contributed by atoms with Gasteiger partial charge in [0.25, 0.3) is 0 Å². The van der Waals surface area contributed by atoms with Crippen LogP contribution in [0.4, 0.5) is 0 Å². The van der Waals surface area contributed by atoms with Gasteiger partial charge in [-0.3, -0.25) is 0 Å². The van der Waals surface area contributed by atoms with E-state index < -0.39 is 0 Å². The summed E-state index contributed by atoms with van der Waals surface area (Å²) >= 11 is 5.36. The molecule has 0 fully saturated rings. The minimum Gasteiger partial charge on any atom is -0.304 e. The lowest BCUT2D eigenvalue weighted by molar-refractivity contribution is 0.716. The minimum absolute atomic E-state index is 0.751. The van der Waals surface area contributed by atoms with Gasteiger partial charge >= 0.3 is 0 Å². The van der Waals surface area contributed by atoms with Crippen molar-refractivity contribution < 1.29 is 0 Å². The van der Waals surface area contributed by atoms with Crippen molar-refractivity contribution in [3.05, 3.63) is 40.9 Å². The van der Waals surface area contributed by atoms with Crippen LogP contribution in [0, 0.1) is 11.7 Å². The summed E-state index contributed by atoms with van der Waals surface area (Å²) in [6.45, 7) is 4.90. The topological polar surface area (TPSA) is 22.8 Å². The number of aryl methyl sites for hydroxylation is 1. The van der Waals surface area contributed by atoms with E-state index in [1.165, 1.54) is 0 Å². The Bertz CT molecular complexity index is 510. The summed E-state index contributed by atoms with van der Waals surface area (Å²) in [7, 11) is 0. The van der Waals surface area contributed by atoms with E-state index in [1.54, 1.807) is 4.68 Å². The van der Waals surface area contributed by atoms with Crippen molar-refractivity contribution in [2.24, 2.45) is 0 Å². The second-order valence-corrected chi connectivity index (χ2v) is 3.69. The third kappa shape index (κ3) is 1.72. The van der Waals surface area contributed by atoms with Crippen molar-refractivity contribution in [2.75, 3.05) is 0 Å². The molecule has 2 aromatic rings. The molecule has 2 rings (SSSR count). The van der Waals surface area contributed by atoms with Crippen LogP contribution in [0.2, 0.25) is 0 Å². The summed E-state index contributed by atoms with van der Waals surface area (Å²) in [5.74, 6) is 0.950. The Labute approximate surface area is 94.0 Å². The Morgan fingerprint density at radius 3 is 2.47 bits per heavy atom. The molecule has 1 aromatic carbocycles. The van der Waals surface area contributed by atoms with Gasteiger partial charge in [0.2, 0.25) is 4.77 Å². The first-order chi connectivity index (χ1) is 7.24. The largest absolute Gasteiger partial charge is 0.304 e. The molecule has 0 unspecified atom stereocenters. The van der Waals surface area contributed by atoms with E-state index >= 15 is 0 Å². The molecule has 0 atom stereocenters. The van der Waals surface area contributed by atoms with Crippen LogP contribution in [0.25, 0.3) is 5.69 Å². The van der Waals surface area contributed by atoms with Gasteiger partial charge in [0.1, 0.15) is 5.82 Å². The van der Waals surface area contributed by atoms with Gasteiger partial charge < -0.3 is 4.57 Å². The number of hydrogen-bond donors (Lipinski definition) is 0. The average molecular weight is 219 g/mol. The molecule has 4 heteroatoms. The second kappa shape index (κ2) is 3.98. The van der Waals surface area contributed by atoms with Gasteiger partial charge in [-0.25, -0.2) is 4.68 Å². The Kier molecular flexibility index (Phi) is 2.68. The lowest BCUT2D eigenvalue weighted by Crippen LogP contribution is -1.98. The number of aromatic nitrogens is 3. The van der Waals surface area contributed by atoms with Crippen molar-refractivity contribution in [2.45, 2.75) is 20.4 Å². The molecule has 78 valence electrons. The smallest absolute Gasteiger partial charge is 0.202 e. The first-order valence-electron chi connectivity index (χ1n) is 4.96. The summed E-state index contributed by atoms with van der Waals surface area (Å²) < 4.78 is 4.57. The Balaban J connectivity index is 2.61. The van der Waals surface area contributed by atoms with Crippen LogP contribution in [0.15, 0.2) is 30.3 Å². The zero-order valence-corrected chi connectivity index (χ0v) is 9.66. The van der Waals surface area contributed by atoms with Gasteiger partial charge in [-0.1, -0.05) is 18.2 Å². The highest BCUT2D eigenvalue weighted by atomic mass is 32.1. The third-order valence-corrected chi connectivity index (χ3v) is 2.76. The first kappa shape index (κ1) is 10.1. The van der Waals surface area contributed by atoms with Gasteiger partial charge in [0, 0.05) is 6.54 Å². The lowest BCUT2D eigenvalue weighted by Gasteiger charge is -1.99. The standard InChI is InChI=1S/C11H13N3S/c1-3-13-9(2)12-14(11(13)15)10-7-5-4-6-8-10/h4-8H,3H2,1-2H3. The summed E-state index contributed by atoms with van der Waals surface area (Å²) in [6, 6.07) is 9.95. The zero-order chi connectivity index (χ0) is 10.8. The fourth-order valence-corrected chi connectivity index (χ4v) is 2.00. The summed E-state index contributed by atoms with van der Waals surface area (Å²) in [4.78, 5) is 0. The molecule has 0 amide bonds. The average Bonchev–Trinajstić information content (AvgIpc) is 2.55. The number of nitrogens with zero attached hydrogens (tertiary/aromatic N) is 3. The predicted octanol–water partition coefficient (Wildman–Crippen LogP) is 2.73. The van der Waals surface area contributed by atoms with E-state index in [1.807, 2.05) is 41.8 Å². The SMILES string of the molecule is CCn1c(C)nn(-c2ccccc2)c1=S. The maximum absolute atomic E-state index is 5.36. The van der Waals surface area contributed by atoms with Crippen LogP contribution in [0.1, 0.15) is 12.7 Å². The lowest BCUT2D eigenvalue weighted by atomic mass is 10.3. The zero-order valence-electron chi connectivity index (χ0n) is 8.84.